The number of halogens is 2. The van der Waals surface area contributed by atoms with E-state index in [1.165, 1.54) is 17.8 Å². The molecule has 0 aliphatic carbocycles. The summed E-state index contributed by atoms with van der Waals surface area (Å²) in [7, 11) is 1.78. The Balaban J connectivity index is 2.35. The van der Waals surface area contributed by atoms with Crippen molar-refractivity contribution in [2.45, 2.75) is 29.7 Å². The quantitative estimate of drug-likeness (QED) is 0.936. The molecule has 0 radical (unpaired) electrons. The highest BCUT2D eigenvalue weighted by Gasteiger charge is 2.17. The standard InChI is InChI=1S/C13H15F2N3S/c1-7(2)12-11(16)13(18(3)17-12)19-8-4-5-9(14)10(15)6-8/h4-7H,16H2,1-3H3. The van der Waals surface area contributed by atoms with Gasteiger partial charge >= 0.3 is 0 Å². The Morgan fingerprint density at radius 1 is 1.26 bits per heavy atom. The van der Waals surface area contributed by atoms with E-state index in [0.29, 0.717) is 10.6 Å². The Bertz CT molecular complexity index is 608. The van der Waals surface area contributed by atoms with E-state index >= 15 is 0 Å². The predicted octanol–water partition coefficient (Wildman–Crippen LogP) is 3.56. The highest BCUT2D eigenvalue weighted by Crippen LogP contribution is 2.36. The van der Waals surface area contributed by atoms with Gasteiger partial charge in [0.2, 0.25) is 0 Å². The fraction of sp³-hybridized carbons (Fsp3) is 0.308. The molecule has 2 aromatic rings. The molecule has 2 rings (SSSR count). The van der Waals surface area contributed by atoms with Gasteiger partial charge in [-0.1, -0.05) is 25.6 Å². The van der Waals surface area contributed by atoms with Crippen molar-refractivity contribution in [3.63, 3.8) is 0 Å². The Morgan fingerprint density at radius 3 is 2.47 bits per heavy atom. The number of hydrogen-bond acceptors (Lipinski definition) is 3. The molecule has 0 spiro atoms. The monoisotopic (exact) mass is 283 g/mol. The Labute approximate surface area is 114 Å². The lowest BCUT2D eigenvalue weighted by molar-refractivity contribution is 0.506. The van der Waals surface area contributed by atoms with Gasteiger partial charge in [-0.3, -0.25) is 4.68 Å². The van der Waals surface area contributed by atoms with Gasteiger partial charge in [-0.2, -0.15) is 5.10 Å². The molecule has 0 unspecified atom stereocenters. The molecule has 102 valence electrons. The van der Waals surface area contributed by atoms with Gasteiger partial charge in [0.25, 0.3) is 0 Å². The molecular weight excluding hydrogens is 268 g/mol. The van der Waals surface area contributed by atoms with Gasteiger partial charge in [-0.25, -0.2) is 8.78 Å². The minimum atomic E-state index is -0.866. The maximum atomic E-state index is 13.2. The maximum Gasteiger partial charge on any atom is 0.159 e. The third-order valence-electron chi connectivity index (χ3n) is 2.71. The molecule has 1 heterocycles. The van der Waals surface area contributed by atoms with Crippen LogP contribution in [0.1, 0.15) is 25.5 Å². The van der Waals surface area contributed by atoms with Crippen molar-refractivity contribution >= 4 is 17.4 Å². The zero-order valence-corrected chi connectivity index (χ0v) is 11.8. The third kappa shape index (κ3) is 2.73. The molecule has 0 aliphatic rings. The second-order valence-electron chi connectivity index (χ2n) is 4.56. The van der Waals surface area contributed by atoms with Crippen molar-refractivity contribution in [3.8, 4) is 0 Å². The topological polar surface area (TPSA) is 43.8 Å². The summed E-state index contributed by atoms with van der Waals surface area (Å²) in [5.41, 5.74) is 7.45. The molecule has 19 heavy (non-hydrogen) atoms. The molecule has 0 fully saturated rings. The van der Waals surface area contributed by atoms with Crippen LogP contribution in [0.25, 0.3) is 0 Å². The molecule has 0 amide bonds. The first-order chi connectivity index (χ1) is 8.90. The average Bonchev–Trinajstić information content (AvgIpc) is 2.62. The molecule has 1 aromatic heterocycles. The summed E-state index contributed by atoms with van der Waals surface area (Å²) in [6, 6.07) is 3.78. The van der Waals surface area contributed by atoms with Crippen LogP contribution in [0.3, 0.4) is 0 Å². The van der Waals surface area contributed by atoms with E-state index in [0.717, 1.165) is 22.9 Å². The molecule has 3 nitrogen and oxygen atoms in total. The summed E-state index contributed by atoms with van der Waals surface area (Å²) in [6.07, 6.45) is 0. The number of hydrogen-bond donors (Lipinski definition) is 1. The van der Waals surface area contributed by atoms with Crippen LogP contribution in [0.5, 0.6) is 0 Å². The summed E-state index contributed by atoms with van der Waals surface area (Å²) in [6.45, 7) is 4.01. The van der Waals surface area contributed by atoms with Crippen LogP contribution < -0.4 is 5.73 Å². The summed E-state index contributed by atoms with van der Waals surface area (Å²) >= 11 is 1.27. The second-order valence-corrected chi connectivity index (χ2v) is 5.62. The van der Waals surface area contributed by atoms with E-state index in [1.54, 1.807) is 11.7 Å². The van der Waals surface area contributed by atoms with Gasteiger partial charge in [0.05, 0.1) is 11.4 Å². The van der Waals surface area contributed by atoms with Gasteiger partial charge in [-0.05, 0) is 24.1 Å². The zero-order chi connectivity index (χ0) is 14.2. The van der Waals surface area contributed by atoms with Crippen LogP contribution in [0.2, 0.25) is 0 Å². The van der Waals surface area contributed by atoms with E-state index in [9.17, 15) is 8.78 Å². The van der Waals surface area contributed by atoms with Gasteiger partial charge in [0, 0.05) is 11.9 Å². The molecule has 0 bridgehead atoms. The fourth-order valence-electron chi connectivity index (χ4n) is 1.74. The van der Waals surface area contributed by atoms with Crippen molar-refractivity contribution < 1.29 is 8.78 Å². The molecule has 0 aliphatic heterocycles. The highest BCUT2D eigenvalue weighted by atomic mass is 32.2. The first-order valence-electron chi connectivity index (χ1n) is 5.85. The minimum absolute atomic E-state index is 0.213. The number of nitrogens with zero attached hydrogens (tertiary/aromatic N) is 2. The molecule has 1 aromatic carbocycles. The van der Waals surface area contributed by atoms with Crippen LogP contribution in [0.15, 0.2) is 28.1 Å². The molecular formula is C13H15F2N3S. The number of nitrogen functional groups attached to an aromatic ring is 1. The van der Waals surface area contributed by atoms with E-state index in [4.69, 9.17) is 5.73 Å². The normalized spacial score (nSPS) is 11.3. The zero-order valence-electron chi connectivity index (χ0n) is 10.9. The number of aromatic nitrogens is 2. The van der Waals surface area contributed by atoms with E-state index in [1.807, 2.05) is 13.8 Å². The number of aryl methyl sites for hydroxylation is 1. The summed E-state index contributed by atoms with van der Waals surface area (Å²) in [5.74, 6) is -1.51. The smallest absolute Gasteiger partial charge is 0.159 e. The van der Waals surface area contributed by atoms with Crippen LogP contribution in [-0.2, 0) is 7.05 Å². The number of anilines is 1. The van der Waals surface area contributed by atoms with Crippen molar-refractivity contribution in [3.05, 3.63) is 35.5 Å². The molecule has 0 saturated heterocycles. The number of benzene rings is 1. The molecule has 2 N–H and O–H groups in total. The van der Waals surface area contributed by atoms with E-state index in [2.05, 4.69) is 5.10 Å². The lowest BCUT2D eigenvalue weighted by Crippen LogP contribution is -1.94. The Hall–Kier alpha value is -1.56. The van der Waals surface area contributed by atoms with Crippen molar-refractivity contribution in [1.82, 2.24) is 9.78 Å². The van der Waals surface area contributed by atoms with Crippen LogP contribution >= 0.6 is 11.8 Å². The fourth-order valence-corrected chi connectivity index (χ4v) is 2.65. The van der Waals surface area contributed by atoms with E-state index in [-0.39, 0.29) is 5.92 Å². The molecule has 0 saturated carbocycles. The minimum Gasteiger partial charge on any atom is -0.395 e. The summed E-state index contributed by atoms with van der Waals surface area (Å²) in [5, 5.41) is 5.08. The Kier molecular flexibility index (Phi) is 3.80. The molecule has 6 heteroatoms. The summed E-state index contributed by atoms with van der Waals surface area (Å²) < 4.78 is 27.7. The summed E-state index contributed by atoms with van der Waals surface area (Å²) in [4.78, 5) is 0.587. The molecule has 0 atom stereocenters. The van der Waals surface area contributed by atoms with Gasteiger partial charge < -0.3 is 5.73 Å². The first-order valence-corrected chi connectivity index (χ1v) is 6.67. The van der Waals surface area contributed by atoms with Gasteiger partial charge in [-0.15, -0.1) is 0 Å². The van der Waals surface area contributed by atoms with Crippen LogP contribution in [-0.4, -0.2) is 9.78 Å². The van der Waals surface area contributed by atoms with Gasteiger partial charge in [0.15, 0.2) is 11.6 Å². The SMILES string of the molecule is CC(C)c1nn(C)c(Sc2ccc(F)c(F)c2)c1N. The number of rotatable bonds is 3. The lowest BCUT2D eigenvalue weighted by Gasteiger charge is -2.04. The van der Waals surface area contributed by atoms with Crippen molar-refractivity contribution in [2.75, 3.05) is 5.73 Å². The second kappa shape index (κ2) is 5.21. The van der Waals surface area contributed by atoms with E-state index < -0.39 is 11.6 Å². The maximum absolute atomic E-state index is 13.2. The Morgan fingerprint density at radius 2 is 1.95 bits per heavy atom. The highest BCUT2D eigenvalue weighted by molar-refractivity contribution is 7.99. The first kappa shape index (κ1) is 13.9. The largest absolute Gasteiger partial charge is 0.395 e. The van der Waals surface area contributed by atoms with Crippen LogP contribution in [0.4, 0.5) is 14.5 Å². The van der Waals surface area contributed by atoms with Crippen LogP contribution in [0, 0.1) is 11.6 Å². The van der Waals surface area contributed by atoms with Crippen molar-refractivity contribution in [1.29, 1.82) is 0 Å². The van der Waals surface area contributed by atoms with Crippen molar-refractivity contribution in [2.24, 2.45) is 7.05 Å². The predicted molar refractivity (Wildman–Crippen MR) is 72.2 cm³/mol. The van der Waals surface area contributed by atoms with Gasteiger partial charge in [0.1, 0.15) is 5.03 Å². The average molecular weight is 283 g/mol. The number of nitrogens with two attached hydrogens (primary N) is 1. The third-order valence-corrected chi connectivity index (χ3v) is 3.88. The lowest BCUT2D eigenvalue weighted by atomic mass is 10.1.